The quantitative estimate of drug-likeness (QED) is 0.459. The van der Waals surface area contributed by atoms with Crippen molar-refractivity contribution in [3.8, 4) is 5.75 Å². The van der Waals surface area contributed by atoms with Crippen molar-refractivity contribution in [2.45, 2.75) is 20.0 Å². The number of aryl methyl sites for hydroxylation is 1. The van der Waals surface area contributed by atoms with Gasteiger partial charge in [0, 0.05) is 11.8 Å². The van der Waals surface area contributed by atoms with E-state index in [0.717, 1.165) is 0 Å². The first kappa shape index (κ1) is 20.0. The maximum absolute atomic E-state index is 13.1. The zero-order valence-corrected chi connectivity index (χ0v) is 17.9. The number of hydrogen-bond acceptors (Lipinski definition) is 7. The third kappa shape index (κ3) is 3.91. The van der Waals surface area contributed by atoms with E-state index in [9.17, 15) is 9.59 Å². The van der Waals surface area contributed by atoms with E-state index >= 15 is 0 Å². The fourth-order valence-corrected chi connectivity index (χ4v) is 4.34. The van der Waals surface area contributed by atoms with Gasteiger partial charge in [0.05, 0.1) is 19.9 Å². The third-order valence-electron chi connectivity index (χ3n) is 4.52. The number of methoxy groups -OCH3 is 1. The summed E-state index contributed by atoms with van der Waals surface area (Å²) in [5.41, 5.74) is 0.778. The van der Waals surface area contributed by atoms with Crippen LogP contribution in [0.1, 0.15) is 11.6 Å². The highest BCUT2D eigenvalue weighted by Crippen LogP contribution is 2.21. The van der Waals surface area contributed by atoms with Crippen LogP contribution >= 0.6 is 23.6 Å². The molecule has 0 radical (unpaired) electrons. The first-order valence-electron chi connectivity index (χ1n) is 9.03. The predicted octanol–water partition coefficient (Wildman–Crippen LogP) is 3.59. The molecule has 154 valence electrons. The summed E-state index contributed by atoms with van der Waals surface area (Å²) < 4.78 is 14.6. The monoisotopic (exact) mass is 442 g/mol. The van der Waals surface area contributed by atoms with Gasteiger partial charge in [0.15, 0.2) is 9.60 Å². The standard InChI is InChI=1S/C20H18N4O4S2/c1-12-21-18-17(30-20(29)24(18)10-15-7-4-8-28-15)19(26)23(12)11-16(25)22-13-5-3-6-14(9-13)27-2/h3-9H,10-11H2,1-2H3,(H,22,25). The number of aromatic nitrogens is 3. The predicted molar refractivity (Wildman–Crippen MR) is 117 cm³/mol. The Labute approximate surface area is 180 Å². The molecule has 1 aromatic carbocycles. The molecule has 0 unspecified atom stereocenters. The number of nitrogens with one attached hydrogen (secondary N) is 1. The van der Waals surface area contributed by atoms with E-state index < -0.39 is 0 Å². The molecule has 4 aromatic rings. The SMILES string of the molecule is COc1cccc(NC(=O)Cn2c(C)nc3c(sc(=S)n3Cc3ccco3)c2=O)c1. The molecule has 0 aliphatic heterocycles. The van der Waals surface area contributed by atoms with Crippen molar-refractivity contribution in [2.24, 2.45) is 0 Å². The normalized spacial score (nSPS) is 11.0. The maximum Gasteiger partial charge on any atom is 0.273 e. The van der Waals surface area contributed by atoms with Crippen LogP contribution in [-0.4, -0.2) is 27.1 Å². The van der Waals surface area contributed by atoms with E-state index in [1.807, 2.05) is 6.07 Å². The summed E-state index contributed by atoms with van der Waals surface area (Å²) in [5, 5.41) is 2.77. The van der Waals surface area contributed by atoms with Crippen LogP contribution in [0.25, 0.3) is 10.3 Å². The second kappa shape index (κ2) is 8.25. The van der Waals surface area contributed by atoms with Crippen molar-refractivity contribution < 1.29 is 13.9 Å². The van der Waals surface area contributed by atoms with Gasteiger partial charge >= 0.3 is 0 Å². The Morgan fingerprint density at radius 2 is 2.13 bits per heavy atom. The van der Waals surface area contributed by atoms with Crippen LogP contribution in [0, 0.1) is 10.9 Å². The number of rotatable bonds is 6. The highest BCUT2D eigenvalue weighted by Gasteiger charge is 2.17. The minimum atomic E-state index is -0.340. The molecule has 30 heavy (non-hydrogen) atoms. The molecule has 1 amide bonds. The first-order chi connectivity index (χ1) is 14.5. The second-order valence-corrected chi connectivity index (χ2v) is 8.16. The molecule has 0 saturated carbocycles. The number of thiazole rings is 1. The Balaban J connectivity index is 1.64. The van der Waals surface area contributed by atoms with Crippen molar-refractivity contribution in [1.29, 1.82) is 0 Å². The van der Waals surface area contributed by atoms with Crippen molar-refractivity contribution >= 4 is 45.5 Å². The number of ether oxygens (including phenoxy) is 1. The lowest BCUT2D eigenvalue weighted by Crippen LogP contribution is -2.30. The van der Waals surface area contributed by atoms with E-state index in [0.29, 0.717) is 43.9 Å². The number of anilines is 1. The number of furan rings is 1. The number of nitrogens with zero attached hydrogens (tertiary/aromatic N) is 3. The van der Waals surface area contributed by atoms with Crippen LogP contribution in [0.4, 0.5) is 5.69 Å². The zero-order chi connectivity index (χ0) is 21.3. The van der Waals surface area contributed by atoms with Crippen LogP contribution in [0.2, 0.25) is 0 Å². The van der Waals surface area contributed by atoms with E-state index in [4.69, 9.17) is 21.4 Å². The van der Waals surface area contributed by atoms with Gasteiger partial charge in [0.25, 0.3) is 5.56 Å². The first-order valence-corrected chi connectivity index (χ1v) is 10.3. The Morgan fingerprint density at radius 1 is 1.30 bits per heavy atom. The summed E-state index contributed by atoms with van der Waals surface area (Å²) >= 11 is 6.61. The fraction of sp³-hybridized carbons (Fsp3) is 0.200. The smallest absolute Gasteiger partial charge is 0.273 e. The lowest BCUT2D eigenvalue weighted by atomic mass is 10.3. The van der Waals surface area contributed by atoms with Gasteiger partial charge in [0.2, 0.25) is 5.91 Å². The summed E-state index contributed by atoms with van der Waals surface area (Å²) in [5.74, 6) is 1.43. The average Bonchev–Trinajstić information content (AvgIpc) is 3.35. The topological polar surface area (TPSA) is 91.3 Å². The Kier molecular flexibility index (Phi) is 5.51. The summed E-state index contributed by atoms with van der Waals surface area (Å²) in [6.07, 6.45) is 1.58. The number of fused-ring (bicyclic) bond motifs is 1. The molecular weight excluding hydrogens is 424 g/mol. The molecular formula is C20H18N4O4S2. The molecule has 10 heteroatoms. The van der Waals surface area contributed by atoms with Gasteiger partial charge in [-0.05, 0) is 43.4 Å². The number of benzene rings is 1. The molecule has 3 aromatic heterocycles. The van der Waals surface area contributed by atoms with Gasteiger partial charge in [-0.25, -0.2) is 4.98 Å². The molecule has 1 N–H and O–H groups in total. The summed E-state index contributed by atoms with van der Waals surface area (Å²) in [4.78, 5) is 30.1. The van der Waals surface area contributed by atoms with E-state index in [2.05, 4.69) is 10.3 Å². The fourth-order valence-electron chi connectivity index (χ4n) is 3.06. The molecule has 0 aliphatic carbocycles. The average molecular weight is 443 g/mol. The molecule has 0 atom stereocenters. The number of amides is 1. The molecule has 8 nitrogen and oxygen atoms in total. The van der Waals surface area contributed by atoms with Crippen LogP contribution in [-0.2, 0) is 17.9 Å². The van der Waals surface area contributed by atoms with Crippen molar-refractivity contribution in [2.75, 3.05) is 12.4 Å². The van der Waals surface area contributed by atoms with Crippen molar-refractivity contribution in [3.05, 3.63) is 68.6 Å². The molecule has 0 fully saturated rings. The second-order valence-electron chi connectivity index (χ2n) is 6.52. The minimum Gasteiger partial charge on any atom is -0.497 e. The Bertz CT molecular complexity index is 1340. The van der Waals surface area contributed by atoms with Gasteiger partial charge < -0.3 is 14.5 Å². The number of carbonyl (C=O) groups is 1. The van der Waals surface area contributed by atoms with Crippen LogP contribution in [0.3, 0.4) is 0 Å². The molecule has 3 heterocycles. The largest absolute Gasteiger partial charge is 0.497 e. The molecule has 0 saturated heterocycles. The van der Waals surface area contributed by atoms with Gasteiger partial charge in [0.1, 0.15) is 28.6 Å². The lowest BCUT2D eigenvalue weighted by molar-refractivity contribution is -0.116. The Morgan fingerprint density at radius 3 is 2.87 bits per heavy atom. The van der Waals surface area contributed by atoms with Crippen molar-refractivity contribution in [1.82, 2.24) is 14.1 Å². The third-order valence-corrected chi connectivity index (χ3v) is 5.94. The summed E-state index contributed by atoms with van der Waals surface area (Å²) in [6.45, 7) is 1.92. The van der Waals surface area contributed by atoms with Gasteiger partial charge in [-0.15, -0.1) is 0 Å². The van der Waals surface area contributed by atoms with Crippen LogP contribution in [0.15, 0.2) is 51.9 Å². The minimum absolute atomic E-state index is 0.159. The highest BCUT2D eigenvalue weighted by molar-refractivity contribution is 7.73. The number of hydrogen-bond donors (Lipinski definition) is 1. The summed E-state index contributed by atoms with van der Waals surface area (Å²) in [7, 11) is 1.55. The molecule has 0 spiro atoms. The molecule has 0 bridgehead atoms. The van der Waals surface area contributed by atoms with Gasteiger partial charge in [-0.2, -0.15) is 0 Å². The van der Waals surface area contributed by atoms with Crippen LogP contribution in [0.5, 0.6) is 5.75 Å². The molecule has 4 rings (SSSR count). The zero-order valence-electron chi connectivity index (χ0n) is 16.2. The van der Waals surface area contributed by atoms with Gasteiger partial charge in [-0.1, -0.05) is 17.4 Å². The maximum atomic E-state index is 13.1. The number of carbonyl (C=O) groups excluding carboxylic acids is 1. The van der Waals surface area contributed by atoms with Gasteiger partial charge in [-0.3, -0.25) is 18.7 Å². The highest BCUT2D eigenvalue weighted by atomic mass is 32.1. The van der Waals surface area contributed by atoms with Crippen LogP contribution < -0.4 is 15.6 Å². The van der Waals surface area contributed by atoms with E-state index in [-0.39, 0.29) is 18.0 Å². The lowest BCUT2D eigenvalue weighted by Gasteiger charge is -2.11. The summed E-state index contributed by atoms with van der Waals surface area (Å²) in [6, 6.07) is 10.6. The van der Waals surface area contributed by atoms with E-state index in [1.54, 1.807) is 55.2 Å². The van der Waals surface area contributed by atoms with E-state index in [1.165, 1.54) is 15.9 Å². The Hall–Kier alpha value is -3.24. The van der Waals surface area contributed by atoms with Crippen molar-refractivity contribution in [3.63, 3.8) is 0 Å². The molecule has 0 aliphatic rings.